The van der Waals surface area contributed by atoms with Crippen molar-refractivity contribution in [2.24, 2.45) is 0 Å². The number of rotatable bonds is 1. The molecular weight excluding hydrogens is 376 g/mol. The fraction of sp³-hybridized carbons (Fsp3) is 0.286. The molecule has 0 radical (unpaired) electrons. The highest BCUT2D eigenvalue weighted by atomic mass is 16.8. The minimum atomic E-state index is -3.12. The van der Waals surface area contributed by atoms with E-state index in [1.165, 1.54) is 4.57 Å². The lowest BCUT2D eigenvalue weighted by Crippen LogP contribution is -2.54. The minimum absolute atomic E-state index is 0.0772. The van der Waals surface area contributed by atoms with Crippen molar-refractivity contribution in [3.8, 4) is 11.4 Å². The average molecular weight is 392 g/mol. The van der Waals surface area contributed by atoms with E-state index in [1.807, 2.05) is 24.3 Å². The molecule has 1 aromatic carbocycles. The molecule has 0 saturated carbocycles. The second kappa shape index (κ2) is 4.91. The van der Waals surface area contributed by atoms with Crippen LogP contribution in [0.5, 0.6) is 0 Å². The van der Waals surface area contributed by atoms with Gasteiger partial charge in [-0.2, -0.15) is 0 Å². The first-order chi connectivity index (χ1) is 13.8. The summed E-state index contributed by atoms with van der Waals surface area (Å²) >= 11 is 0. The number of esters is 1. The first kappa shape index (κ1) is 16.8. The molecule has 3 N–H and O–H groups in total. The molecule has 0 unspecified atom stereocenters. The number of para-hydroxylation sites is 1. The maximum atomic E-state index is 13.3. The summed E-state index contributed by atoms with van der Waals surface area (Å²) in [5.41, 5.74) is 0.630. The summed E-state index contributed by atoms with van der Waals surface area (Å²) in [6.07, 6.45) is 0.188. The molecule has 3 aliphatic rings. The Morgan fingerprint density at radius 1 is 1.17 bits per heavy atom. The number of carbonyl (C=O) groups excluding carboxylic acids is 1. The maximum absolute atomic E-state index is 13.3. The van der Waals surface area contributed by atoms with E-state index in [-0.39, 0.29) is 24.9 Å². The highest BCUT2D eigenvalue weighted by Gasteiger charge is 2.56. The normalized spacial score (nSPS) is 22.6. The largest absolute Gasteiger partial charge is 0.401 e. The Bertz CT molecular complexity index is 1360. The van der Waals surface area contributed by atoms with Crippen LogP contribution in [-0.4, -0.2) is 30.8 Å². The van der Waals surface area contributed by atoms with Crippen molar-refractivity contribution in [2.75, 3.05) is 0 Å². The van der Waals surface area contributed by atoms with Gasteiger partial charge in [0.05, 0.1) is 23.4 Å². The number of hydrogen-bond donors (Lipinski definition) is 3. The number of aliphatic hydroxyl groups is 3. The fourth-order valence-corrected chi connectivity index (χ4v) is 4.95. The van der Waals surface area contributed by atoms with Gasteiger partial charge < -0.3 is 24.6 Å². The van der Waals surface area contributed by atoms with Crippen molar-refractivity contribution < 1.29 is 24.9 Å². The molecule has 0 spiro atoms. The topological polar surface area (TPSA) is 122 Å². The van der Waals surface area contributed by atoms with Crippen LogP contribution in [-0.2, 0) is 34.1 Å². The first-order valence-corrected chi connectivity index (χ1v) is 9.39. The van der Waals surface area contributed by atoms with Crippen LogP contribution in [0.4, 0.5) is 0 Å². The number of cyclic esters (lactones) is 1. The summed E-state index contributed by atoms with van der Waals surface area (Å²) in [4.78, 5) is 30.7. The van der Waals surface area contributed by atoms with Crippen LogP contribution >= 0.6 is 0 Å². The molecule has 3 aromatic rings. The Hall–Kier alpha value is -3.07. The Morgan fingerprint density at radius 2 is 1.97 bits per heavy atom. The highest BCUT2D eigenvalue weighted by molar-refractivity contribution is 5.91. The third kappa shape index (κ3) is 1.82. The van der Waals surface area contributed by atoms with Crippen molar-refractivity contribution in [2.45, 2.75) is 37.9 Å². The molecule has 146 valence electrons. The van der Waals surface area contributed by atoms with E-state index in [0.29, 0.717) is 17.0 Å². The lowest BCUT2D eigenvalue weighted by atomic mass is 9.79. The zero-order valence-corrected chi connectivity index (χ0v) is 15.4. The van der Waals surface area contributed by atoms with Crippen molar-refractivity contribution in [1.29, 1.82) is 0 Å². The van der Waals surface area contributed by atoms with E-state index in [9.17, 15) is 24.9 Å². The molecule has 6 rings (SSSR count). The number of fused-ring (bicyclic) bond motifs is 2. The van der Waals surface area contributed by atoms with Gasteiger partial charge in [-0.05, 0) is 23.6 Å². The Labute approximate surface area is 163 Å². The van der Waals surface area contributed by atoms with Gasteiger partial charge >= 0.3 is 11.9 Å². The molecule has 0 fully saturated rings. The van der Waals surface area contributed by atoms with Gasteiger partial charge in [0, 0.05) is 22.9 Å². The number of carbonyl (C=O) groups is 1. The molecule has 2 aromatic heterocycles. The molecule has 0 aliphatic carbocycles. The summed E-state index contributed by atoms with van der Waals surface area (Å²) in [7, 11) is 0. The number of aromatic nitrogens is 2. The standard InChI is InChI=1S/C21H16N2O6/c1-2-20(26)13-12-7-10-5-3-4-9-6-11-8-23(17(12)16(11)22-15(9)10)18(24)14(13)21(27,28)29-19(20)25/h3-6,26-28H,2,7-8H2,1H3/t20-/m0/s1. The van der Waals surface area contributed by atoms with Crippen molar-refractivity contribution in [3.63, 3.8) is 0 Å². The van der Waals surface area contributed by atoms with Crippen molar-refractivity contribution in [3.05, 3.63) is 62.4 Å². The number of benzene rings is 1. The van der Waals surface area contributed by atoms with Crippen molar-refractivity contribution >= 4 is 16.9 Å². The average Bonchev–Trinajstić information content (AvgIpc) is 2.96. The molecule has 3 aliphatic heterocycles. The smallest absolute Gasteiger partial charge is 0.359 e. The molecule has 2 bridgehead atoms. The van der Waals surface area contributed by atoms with Gasteiger partial charge in [0.2, 0.25) is 0 Å². The number of nitrogens with zero attached hydrogens (tertiary/aromatic N) is 2. The molecule has 8 nitrogen and oxygen atoms in total. The van der Waals surface area contributed by atoms with E-state index in [0.717, 1.165) is 22.0 Å². The van der Waals surface area contributed by atoms with E-state index in [1.54, 1.807) is 6.92 Å². The monoisotopic (exact) mass is 392 g/mol. The van der Waals surface area contributed by atoms with Gasteiger partial charge in [-0.1, -0.05) is 25.1 Å². The summed E-state index contributed by atoms with van der Waals surface area (Å²) in [5, 5.41) is 33.0. The summed E-state index contributed by atoms with van der Waals surface area (Å²) < 4.78 is 6.12. The van der Waals surface area contributed by atoms with Crippen LogP contribution < -0.4 is 5.56 Å². The van der Waals surface area contributed by atoms with Gasteiger partial charge in [-0.3, -0.25) is 4.79 Å². The highest BCUT2D eigenvalue weighted by Crippen LogP contribution is 2.47. The molecule has 0 saturated heterocycles. The quantitative estimate of drug-likeness (QED) is 0.282. The lowest BCUT2D eigenvalue weighted by molar-refractivity contribution is -0.345. The minimum Gasteiger partial charge on any atom is -0.401 e. The summed E-state index contributed by atoms with van der Waals surface area (Å²) in [6.45, 7) is 1.79. The van der Waals surface area contributed by atoms with Gasteiger partial charge in [0.25, 0.3) is 5.56 Å². The van der Waals surface area contributed by atoms with Gasteiger partial charge in [0.1, 0.15) is 5.56 Å². The molecule has 29 heavy (non-hydrogen) atoms. The maximum Gasteiger partial charge on any atom is 0.359 e. The van der Waals surface area contributed by atoms with Crippen molar-refractivity contribution in [1.82, 2.24) is 9.55 Å². The van der Waals surface area contributed by atoms with Crippen LogP contribution in [0.3, 0.4) is 0 Å². The Balaban J connectivity index is 1.84. The van der Waals surface area contributed by atoms with Gasteiger partial charge in [-0.25, -0.2) is 9.78 Å². The molecule has 1 atom stereocenters. The third-order valence-corrected chi connectivity index (χ3v) is 6.32. The third-order valence-electron chi connectivity index (χ3n) is 6.32. The summed E-state index contributed by atoms with van der Waals surface area (Å²) in [5.74, 6) is -4.31. The SMILES string of the molecule is CC[C@@]1(O)C(=O)OC(O)(O)c2c1c1c3n(c2=O)Cc2cc4cccc(c4nc2-3)C1. The van der Waals surface area contributed by atoms with E-state index >= 15 is 0 Å². The second-order valence-electron chi connectivity index (χ2n) is 7.84. The molecule has 8 heteroatoms. The Kier molecular flexibility index (Phi) is 2.85. The summed E-state index contributed by atoms with van der Waals surface area (Å²) in [6, 6.07) is 7.72. The predicted octanol–water partition coefficient (Wildman–Crippen LogP) is 0.579. The first-order valence-electron chi connectivity index (χ1n) is 9.39. The van der Waals surface area contributed by atoms with Gasteiger partial charge in [0.15, 0.2) is 5.60 Å². The fourth-order valence-electron chi connectivity index (χ4n) is 4.95. The Morgan fingerprint density at radius 3 is 2.72 bits per heavy atom. The lowest BCUT2D eigenvalue weighted by Gasteiger charge is -2.39. The van der Waals surface area contributed by atoms with E-state index in [2.05, 4.69) is 0 Å². The molecule has 5 heterocycles. The number of pyridine rings is 2. The van der Waals surface area contributed by atoms with Crippen LogP contribution in [0.2, 0.25) is 0 Å². The van der Waals surface area contributed by atoms with Crippen LogP contribution in [0, 0.1) is 0 Å². The van der Waals surface area contributed by atoms with Gasteiger partial charge in [-0.15, -0.1) is 0 Å². The predicted molar refractivity (Wildman–Crippen MR) is 99.7 cm³/mol. The second-order valence-corrected chi connectivity index (χ2v) is 7.84. The van der Waals surface area contributed by atoms with Crippen LogP contribution in [0.25, 0.3) is 22.3 Å². The zero-order valence-electron chi connectivity index (χ0n) is 15.4. The van der Waals surface area contributed by atoms with E-state index < -0.39 is 28.7 Å². The molecular formula is C21H16N2O6. The molecule has 0 amide bonds. The zero-order chi connectivity index (χ0) is 20.3. The van der Waals surface area contributed by atoms with Crippen LogP contribution in [0.1, 0.15) is 41.2 Å². The number of ether oxygens (including phenoxy) is 1. The van der Waals surface area contributed by atoms with Crippen LogP contribution in [0.15, 0.2) is 29.1 Å². The van der Waals surface area contributed by atoms with E-state index in [4.69, 9.17) is 9.72 Å². The number of hydrogen-bond acceptors (Lipinski definition) is 7.